The molecular weight excluding hydrogens is 324 g/mol. The molecule has 10 heteroatoms. The summed E-state index contributed by atoms with van der Waals surface area (Å²) in [5, 5.41) is 13.3. The number of piperazine rings is 1. The lowest BCUT2D eigenvalue weighted by Crippen LogP contribution is -2.50. The van der Waals surface area contributed by atoms with Crippen LogP contribution in [0.1, 0.15) is 0 Å². The van der Waals surface area contributed by atoms with Gasteiger partial charge in [0.05, 0.1) is 17.7 Å². The third-order valence-electron chi connectivity index (χ3n) is 3.51. The average Bonchev–Trinajstić information content (AvgIpc) is 2.47. The summed E-state index contributed by atoms with van der Waals surface area (Å²) < 4.78 is 24.2. The summed E-state index contributed by atoms with van der Waals surface area (Å²) in [4.78, 5) is 24.0. The highest BCUT2D eigenvalue weighted by Gasteiger charge is 2.24. The summed E-state index contributed by atoms with van der Waals surface area (Å²) in [6, 6.07) is 5.71. The molecule has 0 unspecified atom stereocenters. The number of nitro groups is 1. The van der Waals surface area contributed by atoms with Crippen LogP contribution in [0.15, 0.2) is 24.3 Å². The fourth-order valence-corrected chi connectivity index (χ4v) is 3.15. The molecule has 9 nitrogen and oxygen atoms in total. The largest absolute Gasteiger partial charge is 0.325 e. The molecule has 0 atom stereocenters. The highest BCUT2D eigenvalue weighted by Crippen LogP contribution is 2.17. The number of nitrogens with zero attached hydrogens (tertiary/aromatic N) is 3. The maximum Gasteiger partial charge on any atom is 0.271 e. The Morgan fingerprint density at radius 3 is 2.52 bits per heavy atom. The summed E-state index contributed by atoms with van der Waals surface area (Å²) in [6.07, 6.45) is 1.16. The number of hydrogen-bond acceptors (Lipinski definition) is 6. The number of carbonyl (C=O) groups excluding carboxylic acids is 1. The van der Waals surface area contributed by atoms with Crippen LogP contribution >= 0.6 is 0 Å². The van der Waals surface area contributed by atoms with Gasteiger partial charge in [0.2, 0.25) is 15.9 Å². The lowest BCUT2D eigenvalue weighted by molar-refractivity contribution is -0.384. The van der Waals surface area contributed by atoms with Crippen molar-refractivity contribution in [2.24, 2.45) is 0 Å². The first-order valence-corrected chi connectivity index (χ1v) is 8.82. The van der Waals surface area contributed by atoms with E-state index in [9.17, 15) is 23.3 Å². The molecule has 1 aromatic rings. The molecule has 1 amide bonds. The Hall–Kier alpha value is -2.04. The molecule has 1 fully saturated rings. The van der Waals surface area contributed by atoms with Gasteiger partial charge in [0.25, 0.3) is 5.69 Å². The second-order valence-corrected chi connectivity index (χ2v) is 7.28. The van der Waals surface area contributed by atoms with Crippen LogP contribution in [0.5, 0.6) is 0 Å². The average molecular weight is 342 g/mol. The molecule has 2 rings (SSSR count). The minimum atomic E-state index is -3.20. The van der Waals surface area contributed by atoms with E-state index < -0.39 is 14.9 Å². The van der Waals surface area contributed by atoms with Gasteiger partial charge in [-0.1, -0.05) is 6.07 Å². The molecule has 1 N–H and O–H groups in total. The van der Waals surface area contributed by atoms with Crippen LogP contribution in [0.4, 0.5) is 11.4 Å². The van der Waals surface area contributed by atoms with E-state index in [0.29, 0.717) is 31.9 Å². The number of amides is 1. The maximum atomic E-state index is 12.0. The van der Waals surface area contributed by atoms with E-state index in [1.54, 1.807) is 6.07 Å². The molecule has 1 aromatic carbocycles. The third-order valence-corrected chi connectivity index (χ3v) is 4.81. The predicted molar refractivity (Wildman–Crippen MR) is 84.6 cm³/mol. The van der Waals surface area contributed by atoms with E-state index in [1.165, 1.54) is 22.5 Å². The summed E-state index contributed by atoms with van der Waals surface area (Å²) >= 11 is 0. The van der Waals surface area contributed by atoms with Gasteiger partial charge in [0.1, 0.15) is 0 Å². The summed E-state index contributed by atoms with van der Waals surface area (Å²) in [7, 11) is -3.20. The Morgan fingerprint density at radius 2 is 1.96 bits per heavy atom. The SMILES string of the molecule is CS(=O)(=O)N1CCN(CC(=O)Nc2cccc([N+](=O)[O-])c2)CC1. The van der Waals surface area contributed by atoms with E-state index in [1.807, 2.05) is 4.90 Å². The quantitative estimate of drug-likeness (QED) is 0.600. The van der Waals surface area contributed by atoms with Gasteiger partial charge in [0.15, 0.2) is 0 Å². The van der Waals surface area contributed by atoms with Crippen LogP contribution < -0.4 is 5.32 Å². The van der Waals surface area contributed by atoms with Crippen LogP contribution in [0.2, 0.25) is 0 Å². The molecule has 0 aromatic heterocycles. The van der Waals surface area contributed by atoms with Crippen LogP contribution in [0, 0.1) is 10.1 Å². The normalized spacial score (nSPS) is 16.9. The second kappa shape index (κ2) is 7.02. The van der Waals surface area contributed by atoms with Crippen LogP contribution in [-0.2, 0) is 14.8 Å². The Balaban J connectivity index is 1.86. The molecule has 1 heterocycles. The van der Waals surface area contributed by atoms with Crippen molar-refractivity contribution >= 4 is 27.3 Å². The van der Waals surface area contributed by atoms with E-state index in [2.05, 4.69) is 5.32 Å². The summed E-state index contributed by atoms with van der Waals surface area (Å²) in [6.45, 7) is 1.75. The van der Waals surface area contributed by atoms with Gasteiger partial charge in [-0.25, -0.2) is 8.42 Å². The number of sulfonamides is 1. The third kappa shape index (κ3) is 4.98. The van der Waals surface area contributed by atoms with Crippen LogP contribution in [0.25, 0.3) is 0 Å². The van der Waals surface area contributed by atoms with Gasteiger partial charge in [0, 0.05) is 44.0 Å². The Bertz CT molecular complexity index is 698. The van der Waals surface area contributed by atoms with Gasteiger partial charge in [-0.05, 0) is 6.07 Å². The highest BCUT2D eigenvalue weighted by atomic mass is 32.2. The number of rotatable bonds is 5. The van der Waals surface area contributed by atoms with Crippen LogP contribution in [-0.4, -0.2) is 67.4 Å². The lowest BCUT2D eigenvalue weighted by Gasteiger charge is -2.32. The number of benzene rings is 1. The molecule has 23 heavy (non-hydrogen) atoms. The molecule has 0 saturated carbocycles. The zero-order valence-electron chi connectivity index (χ0n) is 12.6. The van der Waals surface area contributed by atoms with Gasteiger partial charge in [-0.15, -0.1) is 0 Å². The minimum Gasteiger partial charge on any atom is -0.325 e. The fourth-order valence-electron chi connectivity index (χ4n) is 2.32. The molecule has 1 saturated heterocycles. The van der Waals surface area contributed by atoms with Gasteiger partial charge in [-0.3, -0.25) is 19.8 Å². The zero-order valence-corrected chi connectivity index (χ0v) is 13.5. The zero-order chi connectivity index (χ0) is 17.0. The summed E-state index contributed by atoms with van der Waals surface area (Å²) in [5.41, 5.74) is 0.267. The van der Waals surface area contributed by atoms with Crippen molar-refractivity contribution in [3.05, 3.63) is 34.4 Å². The number of anilines is 1. The Kier molecular flexibility index (Phi) is 5.29. The van der Waals surface area contributed by atoms with Gasteiger partial charge in [-0.2, -0.15) is 4.31 Å². The molecule has 126 valence electrons. The van der Waals surface area contributed by atoms with Crippen molar-refractivity contribution < 1.29 is 18.1 Å². The van der Waals surface area contributed by atoms with Crippen molar-refractivity contribution in [1.82, 2.24) is 9.21 Å². The fraction of sp³-hybridized carbons (Fsp3) is 0.462. The summed E-state index contributed by atoms with van der Waals surface area (Å²) in [5.74, 6) is -0.293. The predicted octanol–water partition coefficient (Wildman–Crippen LogP) is 0.111. The number of nitro benzene ring substituents is 1. The molecule has 1 aliphatic rings. The number of hydrogen-bond donors (Lipinski definition) is 1. The standard InChI is InChI=1S/C13H18N4O5S/c1-23(21,22)16-7-5-15(6-8-16)10-13(18)14-11-3-2-4-12(9-11)17(19)20/h2-4,9H,5-8,10H2,1H3,(H,14,18). The van der Waals surface area contributed by atoms with Crippen molar-refractivity contribution in [2.45, 2.75) is 0 Å². The van der Waals surface area contributed by atoms with E-state index in [0.717, 1.165) is 6.26 Å². The second-order valence-electron chi connectivity index (χ2n) is 5.29. The molecule has 0 aliphatic carbocycles. The highest BCUT2D eigenvalue weighted by molar-refractivity contribution is 7.88. The Morgan fingerprint density at radius 1 is 1.30 bits per heavy atom. The first kappa shape index (κ1) is 17.3. The molecular formula is C13H18N4O5S. The number of nitrogens with one attached hydrogen (secondary N) is 1. The first-order chi connectivity index (χ1) is 10.8. The number of carbonyl (C=O) groups is 1. The van der Waals surface area contributed by atoms with Gasteiger partial charge < -0.3 is 5.32 Å². The van der Waals surface area contributed by atoms with Crippen molar-refractivity contribution in [1.29, 1.82) is 0 Å². The maximum absolute atomic E-state index is 12.0. The Labute approximate surface area is 134 Å². The smallest absolute Gasteiger partial charge is 0.271 e. The molecule has 0 radical (unpaired) electrons. The van der Waals surface area contributed by atoms with Crippen LogP contribution in [0.3, 0.4) is 0 Å². The molecule has 0 spiro atoms. The van der Waals surface area contributed by atoms with E-state index >= 15 is 0 Å². The topological polar surface area (TPSA) is 113 Å². The van der Waals surface area contributed by atoms with E-state index in [-0.39, 0.29) is 18.1 Å². The lowest BCUT2D eigenvalue weighted by atomic mass is 10.2. The number of non-ortho nitro benzene ring substituents is 1. The monoisotopic (exact) mass is 342 g/mol. The van der Waals surface area contributed by atoms with E-state index in [4.69, 9.17) is 0 Å². The first-order valence-electron chi connectivity index (χ1n) is 6.97. The minimum absolute atomic E-state index is 0.0930. The van der Waals surface area contributed by atoms with Crippen molar-refractivity contribution in [3.63, 3.8) is 0 Å². The van der Waals surface area contributed by atoms with Gasteiger partial charge >= 0.3 is 0 Å². The molecule has 0 bridgehead atoms. The van der Waals surface area contributed by atoms with Crippen molar-refractivity contribution in [3.8, 4) is 0 Å². The molecule has 1 aliphatic heterocycles. The van der Waals surface area contributed by atoms with Crippen molar-refractivity contribution in [2.75, 3.05) is 44.3 Å².